The summed E-state index contributed by atoms with van der Waals surface area (Å²) < 4.78 is 0. The fourth-order valence-corrected chi connectivity index (χ4v) is 2.04. The number of benzene rings is 1. The Hall–Kier alpha value is -2.12. The van der Waals surface area contributed by atoms with Crippen molar-refractivity contribution in [2.75, 3.05) is 13.1 Å². The van der Waals surface area contributed by atoms with Crippen molar-refractivity contribution < 1.29 is 24.9 Å². The fourth-order valence-electron chi connectivity index (χ4n) is 2.04. The number of nitrogens with zero attached hydrogens (tertiary/aromatic N) is 1. The molecule has 1 aromatic carbocycles. The molecule has 1 saturated heterocycles. The molecule has 2 atom stereocenters. The van der Waals surface area contributed by atoms with E-state index in [1.54, 1.807) is 12.1 Å². The number of amides is 2. The molecule has 7 nitrogen and oxygen atoms in total. The van der Waals surface area contributed by atoms with Crippen LogP contribution >= 0.6 is 0 Å². The number of β-amino-alcohol motifs (C(OH)–C–C–N with tert-alkyl or cyclic N) is 2. The number of aromatic carboxylic acids is 1. The van der Waals surface area contributed by atoms with Gasteiger partial charge in [-0.2, -0.15) is 0 Å². The van der Waals surface area contributed by atoms with Gasteiger partial charge in [-0.3, -0.25) is 0 Å². The van der Waals surface area contributed by atoms with Crippen LogP contribution in [-0.4, -0.2) is 57.5 Å². The van der Waals surface area contributed by atoms with E-state index in [1.165, 1.54) is 17.0 Å². The molecule has 0 spiro atoms. The molecule has 2 unspecified atom stereocenters. The summed E-state index contributed by atoms with van der Waals surface area (Å²) in [6.45, 7) is 0.354. The zero-order valence-electron chi connectivity index (χ0n) is 10.7. The lowest BCUT2D eigenvalue weighted by Gasteiger charge is -2.16. The molecule has 0 radical (unpaired) electrons. The van der Waals surface area contributed by atoms with Gasteiger partial charge in [-0.25, -0.2) is 9.59 Å². The molecule has 108 valence electrons. The van der Waals surface area contributed by atoms with Crippen LogP contribution in [0.1, 0.15) is 15.9 Å². The lowest BCUT2D eigenvalue weighted by atomic mass is 10.1. The molecule has 1 aliphatic rings. The van der Waals surface area contributed by atoms with Gasteiger partial charge < -0.3 is 25.5 Å². The van der Waals surface area contributed by atoms with Gasteiger partial charge in [0.25, 0.3) is 0 Å². The number of rotatable bonds is 3. The number of hydrogen-bond acceptors (Lipinski definition) is 4. The number of carboxylic acids is 1. The largest absolute Gasteiger partial charge is 0.478 e. The Labute approximate surface area is 115 Å². The van der Waals surface area contributed by atoms with Crippen LogP contribution in [-0.2, 0) is 6.54 Å². The predicted octanol–water partition coefficient (Wildman–Crippen LogP) is -0.368. The van der Waals surface area contributed by atoms with Gasteiger partial charge in [0.1, 0.15) is 0 Å². The van der Waals surface area contributed by atoms with E-state index in [9.17, 15) is 19.8 Å². The molecule has 20 heavy (non-hydrogen) atoms. The Balaban J connectivity index is 1.90. The van der Waals surface area contributed by atoms with E-state index >= 15 is 0 Å². The van der Waals surface area contributed by atoms with E-state index in [-0.39, 0.29) is 25.2 Å². The topological polar surface area (TPSA) is 110 Å². The van der Waals surface area contributed by atoms with Crippen molar-refractivity contribution in [2.24, 2.45) is 0 Å². The quantitative estimate of drug-likeness (QED) is 0.604. The normalized spacial score (nSPS) is 21.8. The summed E-state index contributed by atoms with van der Waals surface area (Å²) in [4.78, 5) is 23.9. The molecule has 2 rings (SSSR count). The number of aliphatic hydroxyl groups is 2. The first-order chi connectivity index (χ1) is 9.47. The molecule has 2 amide bonds. The highest BCUT2D eigenvalue weighted by atomic mass is 16.4. The lowest BCUT2D eigenvalue weighted by molar-refractivity contribution is 0.0572. The SMILES string of the molecule is O=C(O)c1cccc(CNC(=O)N2CC(O)C(O)C2)c1. The highest BCUT2D eigenvalue weighted by Gasteiger charge is 2.32. The Morgan fingerprint density at radius 1 is 1.25 bits per heavy atom. The highest BCUT2D eigenvalue weighted by molar-refractivity contribution is 5.87. The number of nitrogens with one attached hydrogen (secondary N) is 1. The number of likely N-dealkylation sites (tertiary alicyclic amines) is 1. The number of carboxylic acid groups (broad SMARTS) is 1. The van der Waals surface area contributed by atoms with Gasteiger partial charge >= 0.3 is 12.0 Å². The maximum absolute atomic E-state index is 11.8. The highest BCUT2D eigenvalue weighted by Crippen LogP contribution is 2.10. The summed E-state index contributed by atoms with van der Waals surface area (Å²) in [5.74, 6) is -1.02. The van der Waals surface area contributed by atoms with Crippen molar-refractivity contribution in [3.63, 3.8) is 0 Å². The lowest BCUT2D eigenvalue weighted by Crippen LogP contribution is -2.38. The van der Waals surface area contributed by atoms with Crippen LogP contribution in [0.25, 0.3) is 0 Å². The Morgan fingerprint density at radius 3 is 2.50 bits per heavy atom. The van der Waals surface area contributed by atoms with E-state index in [0.717, 1.165) is 0 Å². The molecule has 4 N–H and O–H groups in total. The number of carbonyl (C=O) groups is 2. The van der Waals surface area contributed by atoms with Gasteiger partial charge in [0, 0.05) is 6.54 Å². The Morgan fingerprint density at radius 2 is 1.90 bits per heavy atom. The van der Waals surface area contributed by atoms with Crippen molar-refractivity contribution in [1.29, 1.82) is 0 Å². The minimum Gasteiger partial charge on any atom is -0.478 e. The number of hydrogen-bond donors (Lipinski definition) is 4. The van der Waals surface area contributed by atoms with Crippen LogP contribution in [0.15, 0.2) is 24.3 Å². The van der Waals surface area contributed by atoms with E-state index in [2.05, 4.69) is 5.32 Å². The minimum absolute atomic E-state index is 0.0855. The second-order valence-electron chi connectivity index (χ2n) is 4.70. The van der Waals surface area contributed by atoms with Gasteiger partial charge in [-0.05, 0) is 17.7 Å². The molecular weight excluding hydrogens is 264 g/mol. The zero-order valence-corrected chi connectivity index (χ0v) is 10.7. The number of aliphatic hydroxyl groups excluding tert-OH is 2. The van der Waals surface area contributed by atoms with Crippen LogP contribution in [0.2, 0.25) is 0 Å². The molecule has 7 heteroatoms. The van der Waals surface area contributed by atoms with Crippen molar-refractivity contribution in [1.82, 2.24) is 10.2 Å². The van der Waals surface area contributed by atoms with Crippen molar-refractivity contribution in [3.8, 4) is 0 Å². The molecule has 0 aliphatic carbocycles. The Kier molecular flexibility index (Phi) is 4.21. The van der Waals surface area contributed by atoms with E-state index in [4.69, 9.17) is 5.11 Å². The van der Waals surface area contributed by atoms with Crippen LogP contribution in [0.3, 0.4) is 0 Å². The third-order valence-corrected chi connectivity index (χ3v) is 3.16. The average molecular weight is 280 g/mol. The van der Waals surface area contributed by atoms with Crippen molar-refractivity contribution in [2.45, 2.75) is 18.8 Å². The van der Waals surface area contributed by atoms with Crippen LogP contribution in [0, 0.1) is 0 Å². The maximum atomic E-state index is 11.8. The molecule has 0 saturated carbocycles. The second kappa shape index (κ2) is 5.89. The average Bonchev–Trinajstić information content (AvgIpc) is 2.76. The number of urea groups is 1. The van der Waals surface area contributed by atoms with Crippen LogP contribution in [0.5, 0.6) is 0 Å². The van der Waals surface area contributed by atoms with Gasteiger partial charge in [0.15, 0.2) is 0 Å². The second-order valence-corrected chi connectivity index (χ2v) is 4.70. The molecule has 0 aromatic heterocycles. The summed E-state index contributed by atoms with van der Waals surface area (Å²) in [7, 11) is 0. The molecule has 1 heterocycles. The summed E-state index contributed by atoms with van der Waals surface area (Å²) in [5, 5.41) is 30.2. The van der Waals surface area contributed by atoms with Crippen LogP contribution in [0.4, 0.5) is 4.79 Å². The van der Waals surface area contributed by atoms with Gasteiger partial charge in [-0.15, -0.1) is 0 Å². The number of carbonyl (C=O) groups excluding carboxylic acids is 1. The minimum atomic E-state index is -1.02. The molecule has 1 aliphatic heterocycles. The van der Waals surface area contributed by atoms with E-state index in [1.807, 2.05) is 0 Å². The van der Waals surface area contributed by atoms with Crippen molar-refractivity contribution in [3.05, 3.63) is 35.4 Å². The third-order valence-electron chi connectivity index (χ3n) is 3.16. The van der Waals surface area contributed by atoms with Crippen LogP contribution < -0.4 is 5.32 Å². The Bertz CT molecular complexity index is 509. The molecule has 1 fully saturated rings. The molecule has 0 bridgehead atoms. The monoisotopic (exact) mass is 280 g/mol. The predicted molar refractivity (Wildman–Crippen MR) is 69.2 cm³/mol. The first-order valence-electron chi connectivity index (χ1n) is 6.18. The van der Waals surface area contributed by atoms with Gasteiger partial charge in [-0.1, -0.05) is 12.1 Å². The summed E-state index contributed by atoms with van der Waals surface area (Å²) in [6, 6.07) is 5.87. The zero-order chi connectivity index (χ0) is 14.7. The summed E-state index contributed by atoms with van der Waals surface area (Å²) in [6.07, 6.45) is -1.84. The van der Waals surface area contributed by atoms with Crippen molar-refractivity contribution >= 4 is 12.0 Å². The van der Waals surface area contributed by atoms with Gasteiger partial charge in [0.05, 0.1) is 30.9 Å². The molecule has 1 aromatic rings. The molecular formula is C13H16N2O5. The van der Waals surface area contributed by atoms with E-state index in [0.29, 0.717) is 5.56 Å². The summed E-state index contributed by atoms with van der Waals surface area (Å²) >= 11 is 0. The third kappa shape index (κ3) is 3.25. The first kappa shape index (κ1) is 14.3. The maximum Gasteiger partial charge on any atom is 0.335 e. The van der Waals surface area contributed by atoms with Gasteiger partial charge in [0.2, 0.25) is 0 Å². The fraction of sp³-hybridized carbons (Fsp3) is 0.385. The van der Waals surface area contributed by atoms with E-state index < -0.39 is 24.2 Å². The summed E-state index contributed by atoms with van der Waals surface area (Å²) in [5.41, 5.74) is 0.822. The smallest absolute Gasteiger partial charge is 0.335 e. The standard InChI is InChI=1S/C13H16N2O5/c16-10-6-15(7-11(10)17)13(20)14-5-8-2-1-3-9(4-8)12(18)19/h1-4,10-11,16-17H,5-7H2,(H,14,20)(H,18,19). The first-order valence-corrected chi connectivity index (χ1v) is 6.18.